The van der Waals surface area contributed by atoms with E-state index in [9.17, 15) is 4.79 Å². The van der Waals surface area contributed by atoms with Crippen molar-refractivity contribution in [1.82, 2.24) is 15.5 Å². The van der Waals surface area contributed by atoms with Crippen molar-refractivity contribution in [2.24, 2.45) is 0 Å². The van der Waals surface area contributed by atoms with Crippen LogP contribution in [0.3, 0.4) is 0 Å². The lowest BCUT2D eigenvalue weighted by molar-refractivity contribution is -0.118. The zero-order valence-corrected chi connectivity index (χ0v) is 17.1. The number of ether oxygens (including phenoxy) is 3. The van der Waals surface area contributed by atoms with Crippen LogP contribution < -0.4 is 19.5 Å². The molecule has 0 saturated heterocycles. The summed E-state index contributed by atoms with van der Waals surface area (Å²) in [7, 11) is 4.67. The van der Waals surface area contributed by atoms with Crippen LogP contribution in [0.25, 0.3) is 11.3 Å². The minimum absolute atomic E-state index is 0.109. The molecule has 3 aromatic rings. The Morgan fingerprint density at radius 3 is 2.38 bits per heavy atom. The second kappa shape index (κ2) is 9.83. The molecule has 0 atom stereocenters. The molecule has 1 N–H and O–H groups in total. The van der Waals surface area contributed by atoms with Gasteiger partial charge in [-0.25, -0.2) is 0 Å². The molecule has 0 bridgehead atoms. The van der Waals surface area contributed by atoms with Gasteiger partial charge >= 0.3 is 0 Å². The Labute approximate surface area is 172 Å². The van der Waals surface area contributed by atoms with Gasteiger partial charge in [-0.15, -0.1) is 10.2 Å². The summed E-state index contributed by atoms with van der Waals surface area (Å²) in [6.07, 6.45) is 1.57. The molecule has 3 rings (SSSR count). The van der Waals surface area contributed by atoms with E-state index in [1.165, 1.54) is 11.8 Å². The van der Waals surface area contributed by atoms with E-state index in [1.807, 2.05) is 12.1 Å². The Morgan fingerprint density at radius 1 is 1.07 bits per heavy atom. The monoisotopic (exact) mass is 415 g/mol. The highest BCUT2D eigenvalue weighted by Crippen LogP contribution is 2.40. The van der Waals surface area contributed by atoms with Crippen LogP contribution in [0.1, 0.15) is 5.76 Å². The van der Waals surface area contributed by atoms with Crippen LogP contribution >= 0.6 is 11.8 Å². The van der Waals surface area contributed by atoms with Gasteiger partial charge in [-0.3, -0.25) is 4.79 Å². The number of furan rings is 1. The molecule has 0 fully saturated rings. The summed E-state index contributed by atoms with van der Waals surface area (Å²) in [6, 6.07) is 10.8. The lowest BCUT2D eigenvalue weighted by Gasteiger charge is -2.13. The Morgan fingerprint density at radius 2 is 1.83 bits per heavy atom. The van der Waals surface area contributed by atoms with Crippen molar-refractivity contribution in [3.05, 3.63) is 48.4 Å². The first-order valence-electron chi connectivity index (χ1n) is 8.70. The number of carbonyl (C=O) groups excluding carboxylic acids is 1. The molecular weight excluding hydrogens is 394 g/mol. The maximum absolute atomic E-state index is 11.9. The maximum Gasteiger partial charge on any atom is 0.230 e. The fraction of sp³-hybridized carbons (Fsp3) is 0.250. The highest BCUT2D eigenvalue weighted by molar-refractivity contribution is 7.99. The standard InChI is InChI=1S/C20H21N3O5S/c1-25-16-9-13(10-17(26-2)20(16)27-3)15-6-7-19(23-22-15)29-12-18(24)21-11-14-5-4-8-28-14/h4-10H,11-12H2,1-3H3,(H,21,24). The van der Waals surface area contributed by atoms with Gasteiger partial charge in [-0.1, -0.05) is 11.8 Å². The van der Waals surface area contributed by atoms with Crippen LogP contribution in [0.4, 0.5) is 0 Å². The van der Waals surface area contributed by atoms with Crippen molar-refractivity contribution >= 4 is 17.7 Å². The number of nitrogens with zero attached hydrogens (tertiary/aromatic N) is 2. The summed E-state index contributed by atoms with van der Waals surface area (Å²) in [5.74, 6) is 2.42. The van der Waals surface area contributed by atoms with Crippen LogP contribution in [0.15, 0.2) is 52.1 Å². The third-order valence-corrected chi connectivity index (χ3v) is 4.91. The zero-order valence-electron chi connectivity index (χ0n) is 16.3. The molecule has 29 heavy (non-hydrogen) atoms. The quantitative estimate of drug-likeness (QED) is 0.533. The van der Waals surface area contributed by atoms with Gasteiger partial charge in [0.05, 0.1) is 45.6 Å². The van der Waals surface area contributed by atoms with Gasteiger partial charge in [0.1, 0.15) is 10.8 Å². The van der Waals surface area contributed by atoms with E-state index in [-0.39, 0.29) is 11.7 Å². The molecule has 0 aliphatic rings. The third-order valence-electron chi connectivity index (χ3n) is 3.99. The number of methoxy groups -OCH3 is 3. The molecular formula is C20H21N3O5S. The molecule has 2 heterocycles. The van der Waals surface area contributed by atoms with E-state index in [4.69, 9.17) is 18.6 Å². The van der Waals surface area contributed by atoms with Crippen molar-refractivity contribution in [1.29, 1.82) is 0 Å². The first-order valence-corrected chi connectivity index (χ1v) is 9.69. The van der Waals surface area contributed by atoms with E-state index in [0.29, 0.717) is 40.3 Å². The van der Waals surface area contributed by atoms with Crippen molar-refractivity contribution in [3.8, 4) is 28.5 Å². The number of aromatic nitrogens is 2. The SMILES string of the molecule is COc1cc(-c2ccc(SCC(=O)NCc3ccco3)nn2)cc(OC)c1OC. The zero-order chi connectivity index (χ0) is 20.6. The Hall–Kier alpha value is -3.20. The fourth-order valence-electron chi connectivity index (χ4n) is 2.57. The van der Waals surface area contributed by atoms with Gasteiger partial charge in [-0.2, -0.15) is 0 Å². The van der Waals surface area contributed by atoms with Gasteiger partial charge in [0.15, 0.2) is 11.5 Å². The number of benzene rings is 1. The minimum atomic E-state index is -0.109. The van der Waals surface area contributed by atoms with Crippen molar-refractivity contribution < 1.29 is 23.4 Å². The fourth-order valence-corrected chi connectivity index (χ4v) is 3.21. The number of thioether (sulfide) groups is 1. The van der Waals surface area contributed by atoms with Crippen molar-refractivity contribution in [3.63, 3.8) is 0 Å². The molecule has 0 radical (unpaired) electrons. The van der Waals surface area contributed by atoms with Crippen molar-refractivity contribution in [2.45, 2.75) is 11.6 Å². The summed E-state index contributed by atoms with van der Waals surface area (Å²) < 4.78 is 21.3. The predicted molar refractivity (Wildman–Crippen MR) is 108 cm³/mol. The minimum Gasteiger partial charge on any atom is -0.493 e. The number of nitrogens with one attached hydrogen (secondary N) is 1. The summed E-state index contributed by atoms with van der Waals surface area (Å²) in [5.41, 5.74) is 1.43. The van der Waals surface area contributed by atoms with E-state index in [1.54, 1.807) is 51.9 Å². The average molecular weight is 415 g/mol. The largest absolute Gasteiger partial charge is 0.493 e. The second-order valence-corrected chi connectivity index (χ2v) is 6.81. The highest BCUT2D eigenvalue weighted by Gasteiger charge is 2.15. The van der Waals surface area contributed by atoms with Crippen molar-refractivity contribution in [2.75, 3.05) is 27.1 Å². The molecule has 1 aromatic carbocycles. The normalized spacial score (nSPS) is 10.4. The number of amides is 1. The molecule has 0 saturated carbocycles. The van der Waals surface area contributed by atoms with Gasteiger partial charge in [0.2, 0.25) is 11.7 Å². The Kier molecular flexibility index (Phi) is 6.96. The van der Waals surface area contributed by atoms with Gasteiger partial charge in [0.25, 0.3) is 0 Å². The Bertz CT molecular complexity index is 920. The lowest BCUT2D eigenvalue weighted by Crippen LogP contribution is -2.24. The molecule has 152 valence electrons. The molecule has 1 amide bonds. The smallest absolute Gasteiger partial charge is 0.230 e. The van der Waals surface area contributed by atoms with Crippen LogP contribution in [-0.2, 0) is 11.3 Å². The number of rotatable bonds is 9. The maximum atomic E-state index is 11.9. The first-order chi connectivity index (χ1) is 14.1. The molecule has 0 spiro atoms. The van der Waals surface area contributed by atoms with E-state index < -0.39 is 0 Å². The average Bonchev–Trinajstić information content (AvgIpc) is 3.29. The van der Waals surface area contributed by atoms with Crippen LogP contribution in [0.2, 0.25) is 0 Å². The highest BCUT2D eigenvalue weighted by atomic mass is 32.2. The van der Waals surface area contributed by atoms with E-state index in [2.05, 4.69) is 15.5 Å². The molecule has 9 heteroatoms. The number of carbonyl (C=O) groups is 1. The van der Waals surface area contributed by atoms with E-state index >= 15 is 0 Å². The topological polar surface area (TPSA) is 95.7 Å². The molecule has 0 unspecified atom stereocenters. The predicted octanol–water partition coefficient (Wildman–Crippen LogP) is 3.17. The van der Waals surface area contributed by atoms with Gasteiger partial charge < -0.3 is 23.9 Å². The third kappa shape index (κ3) is 5.20. The Balaban J connectivity index is 1.63. The molecule has 8 nitrogen and oxygen atoms in total. The second-order valence-electron chi connectivity index (χ2n) is 5.82. The lowest BCUT2D eigenvalue weighted by atomic mass is 10.1. The molecule has 2 aromatic heterocycles. The summed E-state index contributed by atoms with van der Waals surface area (Å²) >= 11 is 1.31. The summed E-state index contributed by atoms with van der Waals surface area (Å²) in [6.45, 7) is 0.359. The first kappa shape index (κ1) is 20.5. The summed E-state index contributed by atoms with van der Waals surface area (Å²) in [4.78, 5) is 11.9. The molecule has 0 aliphatic carbocycles. The van der Waals surface area contributed by atoms with Crippen LogP contribution in [0.5, 0.6) is 17.2 Å². The van der Waals surface area contributed by atoms with E-state index in [0.717, 1.165) is 5.56 Å². The van der Waals surface area contributed by atoms with Gasteiger partial charge in [0, 0.05) is 5.56 Å². The van der Waals surface area contributed by atoms with Crippen LogP contribution in [0, 0.1) is 0 Å². The number of hydrogen-bond acceptors (Lipinski definition) is 8. The van der Waals surface area contributed by atoms with Crippen LogP contribution in [-0.4, -0.2) is 43.2 Å². The summed E-state index contributed by atoms with van der Waals surface area (Å²) in [5, 5.41) is 11.9. The molecule has 0 aliphatic heterocycles. The number of hydrogen-bond donors (Lipinski definition) is 1. The van der Waals surface area contributed by atoms with Gasteiger partial charge in [-0.05, 0) is 36.4 Å².